The number of hydrogen-bond donors (Lipinski definition) is 0. The lowest BCUT2D eigenvalue weighted by atomic mass is 10.2. The zero-order valence-electron chi connectivity index (χ0n) is 16.4. The van der Waals surface area contributed by atoms with Gasteiger partial charge in [0.25, 0.3) is 0 Å². The van der Waals surface area contributed by atoms with Crippen molar-refractivity contribution < 1.29 is 9.47 Å². The molecule has 148 valence electrons. The molecule has 0 aliphatic carbocycles. The summed E-state index contributed by atoms with van der Waals surface area (Å²) in [6.45, 7) is 7.44. The van der Waals surface area contributed by atoms with Gasteiger partial charge in [0.15, 0.2) is 10.1 Å². The second kappa shape index (κ2) is 14.0. The Hall–Kier alpha value is -3.07. The minimum atomic E-state index is 0.151. The van der Waals surface area contributed by atoms with Crippen LogP contribution in [0.25, 0.3) is 0 Å². The Morgan fingerprint density at radius 1 is 0.690 bits per heavy atom. The molecule has 0 atom stereocenters. The van der Waals surface area contributed by atoms with Crippen LogP contribution >= 0.6 is 24.4 Å². The van der Waals surface area contributed by atoms with Crippen LogP contribution in [0, 0.1) is 11.8 Å². The predicted octanol–water partition coefficient (Wildman–Crippen LogP) is 6.37. The number of hydrogen-bond acceptors (Lipinski definition) is 5. The van der Waals surface area contributed by atoms with Gasteiger partial charge in [-0.1, -0.05) is 78.9 Å². The molecular formula is C24H23NO2S2. The fourth-order valence-corrected chi connectivity index (χ4v) is 2.65. The highest BCUT2D eigenvalue weighted by molar-refractivity contribution is 7.80. The summed E-state index contributed by atoms with van der Waals surface area (Å²) in [5.41, 5.74) is 1.90. The lowest BCUT2D eigenvalue weighted by Crippen LogP contribution is -2.10. The average molecular weight is 422 g/mol. The third-order valence-electron chi connectivity index (χ3n) is 3.32. The molecule has 0 radical (unpaired) electrons. The molecule has 0 heterocycles. The van der Waals surface area contributed by atoms with Gasteiger partial charge in [-0.3, -0.25) is 0 Å². The van der Waals surface area contributed by atoms with Crippen molar-refractivity contribution in [3.05, 3.63) is 102 Å². The van der Waals surface area contributed by atoms with Crippen LogP contribution in [-0.4, -0.2) is 16.2 Å². The van der Waals surface area contributed by atoms with Gasteiger partial charge in [-0.05, 0) is 50.4 Å². The molecule has 0 N–H and O–H groups in total. The van der Waals surface area contributed by atoms with Crippen LogP contribution in [0.3, 0.4) is 0 Å². The highest BCUT2D eigenvalue weighted by Crippen LogP contribution is 2.12. The molecular weight excluding hydrogens is 398 g/mol. The highest BCUT2D eigenvalue weighted by atomic mass is 32.1. The highest BCUT2D eigenvalue weighted by Gasteiger charge is 2.03. The Bertz CT molecular complexity index is 880. The number of benzene rings is 3. The fourth-order valence-electron chi connectivity index (χ4n) is 2.09. The topological polar surface area (TPSA) is 42.2 Å². The van der Waals surface area contributed by atoms with Gasteiger partial charge in [-0.25, -0.2) is 5.26 Å². The largest absolute Gasteiger partial charge is 0.480 e. The van der Waals surface area contributed by atoms with Crippen molar-refractivity contribution >= 4 is 34.5 Å². The van der Waals surface area contributed by atoms with Crippen molar-refractivity contribution in [2.24, 2.45) is 0 Å². The second-order valence-corrected chi connectivity index (χ2v) is 6.63. The summed E-state index contributed by atoms with van der Waals surface area (Å²) >= 11 is 10.3. The van der Waals surface area contributed by atoms with Gasteiger partial charge < -0.3 is 9.47 Å². The molecule has 0 amide bonds. The van der Waals surface area contributed by atoms with E-state index >= 15 is 0 Å². The fraction of sp³-hybridized carbons (Fsp3) is 0.125. The maximum Gasteiger partial charge on any atom is 0.198 e. The summed E-state index contributed by atoms with van der Waals surface area (Å²) in [6.07, 6.45) is 0.151. The number of nitrogens with zero attached hydrogens (tertiary/aromatic N) is 1. The SMILES string of the molecule is C#N.CC(C)OC(=S)c1ccccc1.S=C(Oc1ccccc1)c1ccccc1. The van der Waals surface area contributed by atoms with Crippen LogP contribution in [0.15, 0.2) is 91.0 Å². The van der Waals surface area contributed by atoms with Crippen molar-refractivity contribution in [2.45, 2.75) is 20.0 Å². The lowest BCUT2D eigenvalue weighted by Gasteiger charge is -2.09. The first-order chi connectivity index (χ1) is 14.1. The Morgan fingerprint density at radius 3 is 1.48 bits per heavy atom. The van der Waals surface area contributed by atoms with Gasteiger partial charge in [0.05, 0.1) is 6.10 Å². The third kappa shape index (κ3) is 9.61. The summed E-state index contributed by atoms with van der Waals surface area (Å²) in [4.78, 5) is 0. The maximum atomic E-state index is 6.50. The van der Waals surface area contributed by atoms with Gasteiger partial charge in [-0.2, -0.15) is 0 Å². The molecule has 3 aromatic carbocycles. The molecule has 0 fully saturated rings. The number of para-hydroxylation sites is 1. The summed E-state index contributed by atoms with van der Waals surface area (Å²) in [5.74, 6) is 0.770. The van der Waals surface area contributed by atoms with Gasteiger partial charge in [0.2, 0.25) is 0 Å². The molecule has 0 aliphatic rings. The molecule has 5 heteroatoms. The van der Waals surface area contributed by atoms with Gasteiger partial charge >= 0.3 is 0 Å². The van der Waals surface area contributed by atoms with Crippen molar-refractivity contribution in [3.8, 4) is 12.3 Å². The lowest BCUT2D eigenvalue weighted by molar-refractivity contribution is 0.236. The first kappa shape index (κ1) is 24.0. The molecule has 0 spiro atoms. The van der Waals surface area contributed by atoms with Crippen molar-refractivity contribution in [3.63, 3.8) is 0 Å². The molecule has 0 unspecified atom stereocenters. The Balaban J connectivity index is 0.000000273. The number of nitriles is 1. The van der Waals surface area contributed by atoms with E-state index in [2.05, 4.69) is 6.57 Å². The van der Waals surface area contributed by atoms with E-state index < -0.39 is 0 Å². The normalized spacial score (nSPS) is 9.14. The van der Waals surface area contributed by atoms with Crippen LogP contribution in [0.4, 0.5) is 0 Å². The zero-order valence-corrected chi connectivity index (χ0v) is 18.0. The minimum absolute atomic E-state index is 0.151. The summed E-state index contributed by atoms with van der Waals surface area (Å²) < 4.78 is 10.9. The molecule has 0 bridgehead atoms. The summed E-state index contributed by atoms with van der Waals surface area (Å²) in [6, 6.07) is 29.0. The van der Waals surface area contributed by atoms with Gasteiger partial charge in [0, 0.05) is 17.7 Å². The van der Waals surface area contributed by atoms with Crippen molar-refractivity contribution in [1.29, 1.82) is 5.26 Å². The van der Waals surface area contributed by atoms with E-state index in [0.717, 1.165) is 16.9 Å². The van der Waals surface area contributed by atoms with Gasteiger partial charge in [0.1, 0.15) is 5.75 Å². The van der Waals surface area contributed by atoms with Gasteiger partial charge in [-0.15, -0.1) is 0 Å². The summed E-state index contributed by atoms with van der Waals surface area (Å²) in [7, 11) is 0. The van der Waals surface area contributed by atoms with Crippen molar-refractivity contribution in [2.75, 3.05) is 0 Å². The number of rotatable bonds is 4. The van der Waals surface area contributed by atoms with E-state index in [1.165, 1.54) is 0 Å². The van der Waals surface area contributed by atoms with E-state index in [0.29, 0.717) is 10.1 Å². The molecule has 29 heavy (non-hydrogen) atoms. The van der Waals surface area contributed by atoms with Crippen LogP contribution in [0.1, 0.15) is 25.0 Å². The molecule has 0 aromatic heterocycles. The molecule has 3 aromatic rings. The van der Waals surface area contributed by atoms with E-state index in [1.807, 2.05) is 105 Å². The standard InChI is InChI=1S/C13H10OS.C10H12OS.CHN/c15-13(11-7-3-1-4-8-11)14-12-9-5-2-6-10-12;1-8(2)11-10(12)9-6-4-3-5-7-9;1-2/h1-10H;3-8H,1-2H3;1H. The Morgan fingerprint density at radius 2 is 1.07 bits per heavy atom. The zero-order chi connectivity index (χ0) is 21.5. The Labute approximate surface area is 183 Å². The van der Waals surface area contributed by atoms with Crippen LogP contribution in [0.2, 0.25) is 0 Å². The maximum absolute atomic E-state index is 6.50. The molecule has 0 saturated heterocycles. The van der Waals surface area contributed by atoms with E-state index in [1.54, 1.807) is 0 Å². The van der Waals surface area contributed by atoms with Crippen LogP contribution < -0.4 is 4.74 Å². The second-order valence-electron chi connectivity index (χ2n) is 5.89. The van der Waals surface area contributed by atoms with E-state index in [-0.39, 0.29) is 6.10 Å². The number of thiocarbonyl (C=S) groups is 2. The van der Waals surface area contributed by atoms with Crippen molar-refractivity contribution in [1.82, 2.24) is 0 Å². The predicted molar refractivity (Wildman–Crippen MR) is 126 cm³/mol. The van der Waals surface area contributed by atoms with Crippen LogP contribution in [-0.2, 0) is 4.74 Å². The first-order valence-corrected chi connectivity index (χ1v) is 9.72. The molecule has 0 aliphatic heterocycles. The monoisotopic (exact) mass is 421 g/mol. The van der Waals surface area contributed by atoms with Crippen LogP contribution in [0.5, 0.6) is 5.75 Å². The molecule has 3 rings (SSSR count). The van der Waals surface area contributed by atoms with E-state index in [9.17, 15) is 0 Å². The molecule has 3 nitrogen and oxygen atoms in total. The quantitative estimate of drug-likeness (QED) is 0.458. The molecule has 0 saturated carbocycles. The third-order valence-corrected chi connectivity index (χ3v) is 3.97. The van der Waals surface area contributed by atoms with E-state index in [4.69, 9.17) is 39.2 Å². The summed E-state index contributed by atoms with van der Waals surface area (Å²) in [5, 5.41) is 7.58. The number of ether oxygens (including phenoxy) is 2. The smallest absolute Gasteiger partial charge is 0.198 e. The average Bonchev–Trinajstić information content (AvgIpc) is 2.77. The first-order valence-electron chi connectivity index (χ1n) is 8.90. The Kier molecular flexibility index (Phi) is 11.6. The minimum Gasteiger partial charge on any atom is -0.480 e.